The summed E-state index contributed by atoms with van der Waals surface area (Å²) in [5.74, 6) is -0.222. The molecule has 0 fully saturated rings. The van der Waals surface area contributed by atoms with Crippen LogP contribution in [0.25, 0.3) is 0 Å². The van der Waals surface area contributed by atoms with E-state index in [1.807, 2.05) is 0 Å². The molecule has 0 radical (unpaired) electrons. The minimum Gasteiger partial charge on any atom is -0.465 e. The molecule has 0 rings (SSSR count). The number of esters is 1. The molecule has 0 aliphatic heterocycles. The van der Waals surface area contributed by atoms with E-state index < -0.39 is 0 Å². The van der Waals surface area contributed by atoms with Gasteiger partial charge in [-0.1, -0.05) is 0 Å². The molecular formula is C8H17NO2. The summed E-state index contributed by atoms with van der Waals surface area (Å²) in [6, 6.07) is 0. The van der Waals surface area contributed by atoms with Crippen molar-refractivity contribution in [3.05, 3.63) is 0 Å². The summed E-state index contributed by atoms with van der Waals surface area (Å²) in [4.78, 5) is 10.3. The minimum atomic E-state index is -0.222. The Kier molecular flexibility index (Phi) is 4.11. The molecule has 0 bridgehead atoms. The van der Waals surface area contributed by atoms with E-state index in [9.17, 15) is 4.79 Å². The van der Waals surface area contributed by atoms with Crippen LogP contribution in [0.2, 0.25) is 0 Å². The van der Waals surface area contributed by atoms with Gasteiger partial charge < -0.3 is 10.1 Å². The predicted molar refractivity (Wildman–Crippen MR) is 44.4 cm³/mol. The average Bonchev–Trinajstić information content (AvgIpc) is 1.78. The zero-order chi connectivity index (χ0) is 8.91. The minimum absolute atomic E-state index is 0.0974. The molecule has 0 aromatic heterocycles. The second kappa shape index (κ2) is 4.34. The number of carbonyl (C=O) groups is 1. The van der Waals surface area contributed by atoms with Crippen molar-refractivity contribution >= 4 is 5.97 Å². The van der Waals surface area contributed by atoms with Crippen LogP contribution in [-0.2, 0) is 9.53 Å². The zero-order valence-corrected chi connectivity index (χ0v) is 7.73. The number of nitrogens with one attached hydrogen (secondary N) is 1. The van der Waals surface area contributed by atoms with Gasteiger partial charge in [0, 0.05) is 19.0 Å². The van der Waals surface area contributed by atoms with E-state index in [4.69, 9.17) is 4.74 Å². The molecule has 66 valence electrons. The second-order valence-electron chi connectivity index (χ2n) is 3.52. The van der Waals surface area contributed by atoms with Gasteiger partial charge in [0.05, 0.1) is 0 Å². The van der Waals surface area contributed by atoms with Crippen LogP contribution in [0.4, 0.5) is 0 Å². The first-order chi connectivity index (χ1) is 4.92. The van der Waals surface area contributed by atoms with Crippen molar-refractivity contribution in [2.45, 2.75) is 33.2 Å². The van der Waals surface area contributed by atoms with E-state index in [-0.39, 0.29) is 11.5 Å². The first-order valence-electron chi connectivity index (χ1n) is 3.80. The van der Waals surface area contributed by atoms with Gasteiger partial charge in [-0.3, -0.25) is 4.79 Å². The third kappa shape index (κ3) is 9.43. The SMILES string of the molecule is CC(=O)OCCNC(C)(C)C. The summed E-state index contributed by atoms with van der Waals surface area (Å²) in [6.07, 6.45) is 0. The number of carbonyl (C=O) groups excluding carboxylic acids is 1. The molecule has 0 aromatic carbocycles. The van der Waals surface area contributed by atoms with Gasteiger partial charge in [0.15, 0.2) is 0 Å². The summed E-state index contributed by atoms with van der Waals surface area (Å²) < 4.78 is 4.74. The summed E-state index contributed by atoms with van der Waals surface area (Å²) in [7, 11) is 0. The molecule has 0 atom stereocenters. The Labute approximate surface area is 68.1 Å². The van der Waals surface area contributed by atoms with Gasteiger partial charge in [0.25, 0.3) is 0 Å². The number of hydrogen-bond acceptors (Lipinski definition) is 3. The van der Waals surface area contributed by atoms with Gasteiger partial charge in [0.2, 0.25) is 0 Å². The molecule has 3 heteroatoms. The van der Waals surface area contributed by atoms with Crippen molar-refractivity contribution < 1.29 is 9.53 Å². The van der Waals surface area contributed by atoms with Crippen LogP contribution >= 0.6 is 0 Å². The lowest BCUT2D eigenvalue weighted by molar-refractivity contribution is -0.140. The highest BCUT2D eigenvalue weighted by Gasteiger charge is 2.07. The third-order valence-corrected chi connectivity index (χ3v) is 1.06. The Hall–Kier alpha value is -0.570. The number of ether oxygens (including phenoxy) is 1. The maximum Gasteiger partial charge on any atom is 0.302 e. The van der Waals surface area contributed by atoms with E-state index in [1.165, 1.54) is 6.92 Å². The van der Waals surface area contributed by atoms with Crippen LogP contribution in [0.3, 0.4) is 0 Å². The van der Waals surface area contributed by atoms with Gasteiger partial charge >= 0.3 is 5.97 Å². The predicted octanol–water partition coefficient (Wildman–Crippen LogP) is 0.938. The molecular weight excluding hydrogens is 142 g/mol. The van der Waals surface area contributed by atoms with Gasteiger partial charge in [0.1, 0.15) is 6.61 Å². The van der Waals surface area contributed by atoms with E-state index in [0.717, 1.165) is 0 Å². The van der Waals surface area contributed by atoms with Crippen molar-refractivity contribution in [2.24, 2.45) is 0 Å². The van der Waals surface area contributed by atoms with Crippen LogP contribution in [0.15, 0.2) is 0 Å². The summed E-state index contributed by atoms with van der Waals surface area (Å²) in [6.45, 7) is 8.79. The Morgan fingerprint density at radius 1 is 1.45 bits per heavy atom. The quantitative estimate of drug-likeness (QED) is 0.492. The summed E-state index contributed by atoms with van der Waals surface area (Å²) in [5, 5.41) is 3.20. The molecule has 0 heterocycles. The fraction of sp³-hybridized carbons (Fsp3) is 0.875. The molecule has 0 spiro atoms. The monoisotopic (exact) mass is 159 g/mol. The highest BCUT2D eigenvalue weighted by atomic mass is 16.5. The topological polar surface area (TPSA) is 38.3 Å². The largest absolute Gasteiger partial charge is 0.465 e. The smallest absolute Gasteiger partial charge is 0.302 e. The van der Waals surface area contributed by atoms with Gasteiger partial charge in [-0.15, -0.1) is 0 Å². The Balaban J connectivity index is 3.22. The van der Waals surface area contributed by atoms with Crippen LogP contribution < -0.4 is 5.32 Å². The van der Waals surface area contributed by atoms with Crippen molar-refractivity contribution in [1.29, 1.82) is 0 Å². The van der Waals surface area contributed by atoms with Crippen LogP contribution in [0, 0.1) is 0 Å². The standard InChI is InChI=1S/C8H17NO2/c1-7(10)11-6-5-9-8(2,3)4/h9H,5-6H2,1-4H3. The van der Waals surface area contributed by atoms with E-state index >= 15 is 0 Å². The van der Waals surface area contributed by atoms with E-state index in [2.05, 4.69) is 26.1 Å². The van der Waals surface area contributed by atoms with Crippen molar-refractivity contribution in [3.63, 3.8) is 0 Å². The molecule has 0 unspecified atom stereocenters. The fourth-order valence-electron chi connectivity index (χ4n) is 0.621. The maximum absolute atomic E-state index is 10.3. The second-order valence-corrected chi connectivity index (χ2v) is 3.52. The van der Waals surface area contributed by atoms with Gasteiger partial charge in [-0.05, 0) is 20.8 Å². The molecule has 1 N–H and O–H groups in total. The van der Waals surface area contributed by atoms with Crippen molar-refractivity contribution in [1.82, 2.24) is 5.32 Å². The molecule has 0 saturated heterocycles. The van der Waals surface area contributed by atoms with E-state index in [0.29, 0.717) is 13.2 Å². The summed E-state index contributed by atoms with van der Waals surface area (Å²) >= 11 is 0. The number of hydrogen-bond donors (Lipinski definition) is 1. The average molecular weight is 159 g/mol. The number of rotatable bonds is 3. The lowest BCUT2D eigenvalue weighted by Crippen LogP contribution is -2.38. The Morgan fingerprint density at radius 2 is 2.00 bits per heavy atom. The molecule has 0 saturated carbocycles. The first-order valence-corrected chi connectivity index (χ1v) is 3.80. The van der Waals surface area contributed by atoms with Crippen LogP contribution in [-0.4, -0.2) is 24.7 Å². The van der Waals surface area contributed by atoms with Gasteiger partial charge in [-0.25, -0.2) is 0 Å². The molecule has 0 aliphatic rings. The highest BCUT2D eigenvalue weighted by Crippen LogP contribution is 1.96. The van der Waals surface area contributed by atoms with Crippen molar-refractivity contribution in [3.8, 4) is 0 Å². The zero-order valence-electron chi connectivity index (χ0n) is 7.73. The van der Waals surface area contributed by atoms with Gasteiger partial charge in [-0.2, -0.15) is 0 Å². The summed E-state index contributed by atoms with van der Waals surface area (Å²) in [5.41, 5.74) is 0.0974. The lowest BCUT2D eigenvalue weighted by atomic mass is 10.1. The lowest BCUT2D eigenvalue weighted by Gasteiger charge is -2.19. The molecule has 0 aromatic rings. The third-order valence-electron chi connectivity index (χ3n) is 1.06. The normalized spacial score (nSPS) is 11.3. The fourth-order valence-corrected chi connectivity index (χ4v) is 0.621. The Bertz CT molecular complexity index is 127. The highest BCUT2D eigenvalue weighted by molar-refractivity contribution is 5.65. The van der Waals surface area contributed by atoms with Crippen molar-refractivity contribution in [2.75, 3.05) is 13.2 Å². The van der Waals surface area contributed by atoms with E-state index in [1.54, 1.807) is 0 Å². The molecule has 0 aliphatic carbocycles. The van der Waals surface area contributed by atoms with Crippen LogP contribution in [0.5, 0.6) is 0 Å². The first kappa shape index (κ1) is 10.4. The Morgan fingerprint density at radius 3 is 2.36 bits per heavy atom. The molecule has 11 heavy (non-hydrogen) atoms. The molecule has 3 nitrogen and oxygen atoms in total. The van der Waals surface area contributed by atoms with Crippen LogP contribution in [0.1, 0.15) is 27.7 Å². The maximum atomic E-state index is 10.3. The molecule has 0 amide bonds.